The van der Waals surface area contributed by atoms with Gasteiger partial charge < -0.3 is 15.2 Å². The van der Waals surface area contributed by atoms with Crippen LogP contribution in [0.15, 0.2) is 76.9 Å². The summed E-state index contributed by atoms with van der Waals surface area (Å²) in [4.78, 5) is 22.6. The van der Waals surface area contributed by atoms with E-state index in [4.69, 9.17) is 9.84 Å². The topological polar surface area (TPSA) is 100 Å². The number of nitrogens with one attached hydrogen (secondary N) is 1. The monoisotopic (exact) mass is 433 g/mol. The minimum atomic E-state index is -1.03. The van der Waals surface area contributed by atoms with Crippen LogP contribution in [0.5, 0.6) is 5.75 Å². The van der Waals surface area contributed by atoms with Crippen LogP contribution in [-0.4, -0.2) is 33.6 Å². The number of fused-ring (bicyclic) bond motifs is 1. The highest BCUT2D eigenvalue weighted by molar-refractivity contribution is 8.15. The van der Waals surface area contributed by atoms with Gasteiger partial charge in [-0.25, -0.2) is 0 Å². The number of rotatable bonds is 7. The normalized spacial score (nSPS) is 17.4. The number of carboxylic acids is 1. The number of carboxylic acid groups (broad SMARTS) is 1. The number of amides is 1. The second-order valence-electron chi connectivity index (χ2n) is 6.81. The fourth-order valence-electron chi connectivity index (χ4n) is 3.18. The Labute approximate surface area is 182 Å². The SMILES string of the molecule is O=C(O)CC1S/C(=N/N=Cc2ccccc2OCc2cccc3ccccc23)NC1=O. The summed E-state index contributed by atoms with van der Waals surface area (Å²) in [5.41, 5.74) is 1.82. The summed E-state index contributed by atoms with van der Waals surface area (Å²) in [6.07, 6.45) is 1.28. The molecule has 7 nitrogen and oxygen atoms in total. The van der Waals surface area contributed by atoms with Gasteiger partial charge in [0.2, 0.25) is 5.91 Å². The predicted octanol–water partition coefficient (Wildman–Crippen LogP) is 3.82. The molecule has 1 amide bonds. The minimum absolute atomic E-state index is 0.260. The van der Waals surface area contributed by atoms with Crippen LogP contribution in [0.25, 0.3) is 10.8 Å². The molecule has 0 aliphatic carbocycles. The molecule has 0 saturated carbocycles. The summed E-state index contributed by atoms with van der Waals surface area (Å²) >= 11 is 1.06. The second-order valence-corrected chi connectivity index (χ2v) is 8.00. The molecule has 31 heavy (non-hydrogen) atoms. The van der Waals surface area contributed by atoms with Crippen molar-refractivity contribution in [3.8, 4) is 5.75 Å². The highest BCUT2D eigenvalue weighted by atomic mass is 32.2. The van der Waals surface area contributed by atoms with E-state index in [0.717, 1.165) is 33.7 Å². The van der Waals surface area contributed by atoms with Crippen molar-refractivity contribution >= 4 is 45.8 Å². The van der Waals surface area contributed by atoms with Gasteiger partial charge in [-0.15, -0.1) is 5.10 Å². The van der Waals surface area contributed by atoms with Crippen LogP contribution in [0.1, 0.15) is 17.5 Å². The van der Waals surface area contributed by atoms with Crippen molar-refractivity contribution in [1.29, 1.82) is 0 Å². The lowest BCUT2D eigenvalue weighted by Crippen LogP contribution is -2.26. The Balaban J connectivity index is 1.45. The molecule has 0 aromatic heterocycles. The van der Waals surface area contributed by atoms with Crippen LogP contribution in [0, 0.1) is 0 Å². The first-order chi connectivity index (χ1) is 15.1. The lowest BCUT2D eigenvalue weighted by atomic mass is 10.1. The number of ether oxygens (including phenoxy) is 1. The molecule has 1 aliphatic heterocycles. The summed E-state index contributed by atoms with van der Waals surface area (Å²) in [5.74, 6) is -0.749. The summed E-state index contributed by atoms with van der Waals surface area (Å²) in [7, 11) is 0. The lowest BCUT2D eigenvalue weighted by molar-refractivity contribution is -0.138. The zero-order valence-electron chi connectivity index (χ0n) is 16.4. The molecule has 1 heterocycles. The molecule has 1 atom stereocenters. The maximum atomic E-state index is 11.8. The fraction of sp³-hybridized carbons (Fsp3) is 0.130. The van der Waals surface area contributed by atoms with Crippen LogP contribution in [0.4, 0.5) is 0 Å². The number of benzene rings is 3. The van der Waals surface area contributed by atoms with Crippen molar-refractivity contribution in [2.24, 2.45) is 10.2 Å². The standard InChI is InChI=1S/C23H19N3O4S/c27-21(28)12-20-22(29)25-23(31-20)26-24-13-16-7-2-4-11-19(16)30-14-17-9-5-8-15-6-1-3-10-18(15)17/h1-11,13,20H,12,14H2,(H,27,28)(H,25,26,29). The van der Waals surface area contributed by atoms with E-state index >= 15 is 0 Å². The van der Waals surface area contributed by atoms with Crippen LogP contribution in [0.2, 0.25) is 0 Å². The maximum Gasteiger partial charge on any atom is 0.305 e. The van der Waals surface area contributed by atoms with Gasteiger partial charge in [-0.05, 0) is 28.5 Å². The number of nitrogens with zero attached hydrogens (tertiary/aromatic N) is 2. The second kappa shape index (κ2) is 9.44. The first-order valence-corrected chi connectivity index (χ1v) is 10.5. The molecular formula is C23H19N3O4S. The number of hydrogen-bond acceptors (Lipinski definition) is 6. The first-order valence-electron chi connectivity index (χ1n) is 9.59. The van der Waals surface area contributed by atoms with Gasteiger partial charge >= 0.3 is 5.97 Å². The van der Waals surface area contributed by atoms with E-state index in [2.05, 4.69) is 33.7 Å². The quantitative estimate of drug-likeness (QED) is 0.436. The van der Waals surface area contributed by atoms with Crippen LogP contribution >= 0.6 is 11.8 Å². The molecule has 0 radical (unpaired) electrons. The van der Waals surface area contributed by atoms with E-state index in [1.54, 1.807) is 6.21 Å². The van der Waals surface area contributed by atoms with Gasteiger partial charge in [0.15, 0.2) is 5.17 Å². The van der Waals surface area contributed by atoms with Crippen LogP contribution in [0.3, 0.4) is 0 Å². The third kappa shape index (κ3) is 5.10. The number of hydrogen-bond donors (Lipinski definition) is 2. The van der Waals surface area contributed by atoms with Gasteiger partial charge in [0, 0.05) is 5.56 Å². The first kappa shape index (κ1) is 20.6. The van der Waals surface area contributed by atoms with Gasteiger partial charge in [0.1, 0.15) is 17.6 Å². The van der Waals surface area contributed by atoms with Gasteiger partial charge in [-0.1, -0.05) is 66.4 Å². The third-order valence-electron chi connectivity index (χ3n) is 4.66. The molecule has 3 aromatic carbocycles. The molecule has 1 fully saturated rings. The van der Waals surface area contributed by atoms with Crippen molar-refractivity contribution in [1.82, 2.24) is 5.32 Å². The van der Waals surface area contributed by atoms with E-state index < -0.39 is 11.2 Å². The predicted molar refractivity (Wildman–Crippen MR) is 122 cm³/mol. The Morgan fingerprint density at radius 3 is 2.74 bits per heavy atom. The van der Waals surface area contributed by atoms with E-state index in [1.807, 2.05) is 48.5 Å². The molecule has 3 aromatic rings. The highest BCUT2D eigenvalue weighted by Crippen LogP contribution is 2.24. The number of carbonyl (C=O) groups excluding carboxylic acids is 1. The average molecular weight is 433 g/mol. The molecule has 1 unspecified atom stereocenters. The number of carbonyl (C=O) groups is 2. The summed E-state index contributed by atoms with van der Waals surface area (Å²) in [6.45, 7) is 0.406. The van der Waals surface area contributed by atoms with Crippen LogP contribution in [-0.2, 0) is 16.2 Å². The molecule has 8 heteroatoms. The van der Waals surface area contributed by atoms with Gasteiger partial charge in [-0.2, -0.15) is 5.10 Å². The Morgan fingerprint density at radius 1 is 1.10 bits per heavy atom. The van der Waals surface area contributed by atoms with Crippen molar-refractivity contribution < 1.29 is 19.4 Å². The van der Waals surface area contributed by atoms with E-state index in [0.29, 0.717) is 12.4 Å². The third-order valence-corrected chi connectivity index (χ3v) is 5.74. The zero-order valence-corrected chi connectivity index (χ0v) is 17.2. The van der Waals surface area contributed by atoms with E-state index in [9.17, 15) is 9.59 Å². The maximum absolute atomic E-state index is 11.8. The number of thioether (sulfide) groups is 1. The largest absolute Gasteiger partial charge is 0.488 e. The summed E-state index contributed by atoms with van der Waals surface area (Å²) in [5, 5.41) is 21.3. The molecule has 0 spiro atoms. The van der Waals surface area contributed by atoms with Gasteiger partial charge in [0.25, 0.3) is 0 Å². The molecule has 156 valence electrons. The van der Waals surface area contributed by atoms with E-state index in [-0.39, 0.29) is 17.5 Å². The molecule has 1 aliphatic rings. The average Bonchev–Trinajstić information content (AvgIpc) is 3.11. The summed E-state index contributed by atoms with van der Waals surface area (Å²) in [6, 6.07) is 21.7. The Hall–Kier alpha value is -3.65. The minimum Gasteiger partial charge on any atom is -0.488 e. The smallest absolute Gasteiger partial charge is 0.305 e. The van der Waals surface area contributed by atoms with E-state index in [1.165, 1.54) is 0 Å². The molecule has 4 rings (SSSR count). The van der Waals surface area contributed by atoms with Crippen molar-refractivity contribution in [2.45, 2.75) is 18.3 Å². The molecule has 2 N–H and O–H groups in total. The number of aliphatic carboxylic acids is 1. The van der Waals surface area contributed by atoms with Gasteiger partial charge in [0.05, 0.1) is 12.6 Å². The molecule has 0 bridgehead atoms. The van der Waals surface area contributed by atoms with Crippen molar-refractivity contribution in [3.63, 3.8) is 0 Å². The molecule has 1 saturated heterocycles. The van der Waals surface area contributed by atoms with Crippen molar-refractivity contribution in [2.75, 3.05) is 0 Å². The van der Waals surface area contributed by atoms with Crippen LogP contribution < -0.4 is 10.1 Å². The Bertz CT molecular complexity index is 1190. The number of para-hydroxylation sites is 1. The van der Waals surface area contributed by atoms with Crippen molar-refractivity contribution in [3.05, 3.63) is 77.9 Å². The number of amidine groups is 1. The summed E-state index contributed by atoms with van der Waals surface area (Å²) < 4.78 is 6.05. The fourth-order valence-corrected chi connectivity index (χ4v) is 4.10. The zero-order chi connectivity index (χ0) is 21.6. The Kier molecular flexibility index (Phi) is 6.28. The highest BCUT2D eigenvalue weighted by Gasteiger charge is 2.32. The molecular weight excluding hydrogens is 414 g/mol. The Morgan fingerprint density at radius 2 is 1.87 bits per heavy atom. The van der Waals surface area contributed by atoms with Gasteiger partial charge in [-0.3, -0.25) is 9.59 Å². The lowest BCUT2D eigenvalue weighted by Gasteiger charge is -2.11.